The summed E-state index contributed by atoms with van der Waals surface area (Å²) in [7, 11) is 0. The fraction of sp³-hybridized carbons (Fsp3) is 0.688. The van der Waals surface area contributed by atoms with E-state index in [0.717, 1.165) is 12.0 Å². The van der Waals surface area contributed by atoms with Crippen molar-refractivity contribution in [1.82, 2.24) is 10.3 Å². The molecule has 0 spiro atoms. The van der Waals surface area contributed by atoms with Gasteiger partial charge in [0, 0.05) is 29.9 Å². The maximum Gasteiger partial charge on any atom is 0.141 e. The van der Waals surface area contributed by atoms with Gasteiger partial charge < -0.3 is 15.5 Å². The number of aliphatic hydroxyl groups is 1. The van der Waals surface area contributed by atoms with Gasteiger partial charge in [-0.05, 0) is 20.3 Å². The molecule has 0 aliphatic rings. The molecule has 0 aliphatic carbocycles. The second-order valence-corrected chi connectivity index (χ2v) is 5.49. The molecule has 0 aromatic carbocycles. The van der Waals surface area contributed by atoms with Crippen molar-refractivity contribution >= 4 is 0 Å². The number of hydrogen-bond acceptors (Lipinski definition) is 4. The van der Waals surface area contributed by atoms with E-state index in [1.165, 1.54) is 25.7 Å². The number of aryl methyl sites for hydroxylation is 1. The maximum absolute atomic E-state index is 10.1. The van der Waals surface area contributed by atoms with Crippen molar-refractivity contribution in [3.05, 3.63) is 23.0 Å². The molecule has 0 radical (unpaired) electrons. The van der Waals surface area contributed by atoms with Crippen LogP contribution in [0.3, 0.4) is 0 Å². The lowest BCUT2D eigenvalue weighted by molar-refractivity contribution is 0.278. The molecule has 0 bridgehead atoms. The van der Waals surface area contributed by atoms with E-state index in [1.54, 1.807) is 13.1 Å². The largest absolute Gasteiger partial charge is 0.506 e. The Morgan fingerprint density at radius 1 is 1.30 bits per heavy atom. The average Bonchev–Trinajstić information content (AvgIpc) is 2.45. The van der Waals surface area contributed by atoms with Gasteiger partial charge in [0.15, 0.2) is 0 Å². The van der Waals surface area contributed by atoms with Gasteiger partial charge in [-0.2, -0.15) is 0 Å². The summed E-state index contributed by atoms with van der Waals surface area (Å²) >= 11 is 0. The molecule has 1 aromatic rings. The highest BCUT2D eigenvalue weighted by Crippen LogP contribution is 2.23. The summed E-state index contributed by atoms with van der Waals surface area (Å²) in [5.41, 5.74) is 2.06. The van der Waals surface area contributed by atoms with Crippen molar-refractivity contribution in [2.45, 2.75) is 72.1 Å². The van der Waals surface area contributed by atoms with Crippen LogP contribution in [-0.4, -0.2) is 21.2 Å². The van der Waals surface area contributed by atoms with Crippen LogP contribution in [-0.2, 0) is 13.2 Å². The SMILES string of the molecule is CCCCCCC(C)NCc1c(CO)cnc(C)c1O. The van der Waals surface area contributed by atoms with Crippen LogP contribution in [0.2, 0.25) is 0 Å². The summed E-state index contributed by atoms with van der Waals surface area (Å²) < 4.78 is 0. The lowest BCUT2D eigenvalue weighted by Crippen LogP contribution is -2.26. The van der Waals surface area contributed by atoms with Crippen molar-refractivity contribution in [2.24, 2.45) is 0 Å². The highest BCUT2D eigenvalue weighted by molar-refractivity contribution is 5.40. The fourth-order valence-corrected chi connectivity index (χ4v) is 2.27. The Balaban J connectivity index is 2.50. The number of hydrogen-bond donors (Lipinski definition) is 3. The monoisotopic (exact) mass is 280 g/mol. The summed E-state index contributed by atoms with van der Waals surface area (Å²) in [6, 6.07) is 0.409. The van der Waals surface area contributed by atoms with Crippen molar-refractivity contribution in [3.8, 4) is 5.75 Å². The Kier molecular flexibility index (Phi) is 7.55. The quantitative estimate of drug-likeness (QED) is 0.608. The Hall–Kier alpha value is -1.13. The van der Waals surface area contributed by atoms with Crippen LogP contribution in [0.1, 0.15) is 62.8 Å². The smallest absolute Gasteiger partial charge is 0.141 e. The molecule has 4 heteroatoms. The maximum atomic E-state index is 10.1. The van der Waals surface area contributed by atoms with Gasteiger partial charge in [-0.15, -0.1) is 0 Å². The molecular formula is C16H28N2O2. The van der Waals surface area contributed by atoms with E-state index in [1.807, 2.05) is 0 Å². The van der Waals surface area contributed by atoms with Gasteiger partial charge in [0.1, 0.15) is 5.75 Å². The van der Waals surface area contributed by atoms with Crippen LogP contribution in [0, 0.1) is 6.92 Å². The minimum atomic E-state index is -0.0945. The lowest BCUT2D eigenvalue weighted by atomic mass is 10.1. The molecule has 114 valence electrons. The average molecular weight is 280 g/mol. The van der Waals surface area contributed by atoms with Gasteiger partial charge >= 0.3 is 0 Å². The van der Waals surface area contributed by atoms with Gasteiger partial charge in [-0.3, -0.25) is 4.98 Å². The molecule has 1 aromatic heterocycles. The van der Waals surface area contributed by atoms with Gasteiger partial charge in [-0.1, -0.05) is 32.6 Å². The summed E-state index contributed by atoms with van der Waals surface area (Å²) in [4.78, 5) is 4.07. The zero-order valence-electron chi connectivity index (χ0n) is 12.9. The number of nitrogens with zero attached hydrogens (tertiary/aromatic N) is 1. The molecule has 1 atom stereocenters. The van der Waals surface area contributed by atoms with Gasteiger partial charge in [0.2, 0.25) is 0 Å². The lowest BCUT2D eigenvalue weighted by Gasteiger charge is -2.16. The van der Waals surface area contributed by atoms with Crippen LogP contribution in [0.4, 0.5) is 0 Å². The first-order chi connectivity index (χ1) is 9.60. The zero-order valence-corrected chi connectivity index (χ0v) is 12.9. The number of unbranched alkanes of at least 4 members (excludes halogenated alkanes) is 3. The number of aromatic hydroxyl groups is 1. The number of aliphatic hydroxyl groups excluding tert-OH is 1. The van der Waals surface area contributed by atoms with Crippen LogP contribution in [0.5, 0.6) is 5.75 Å². The third-order valence-corrected chi connectivity index (χ3v) is 3.72. The first kappa shape index (κ1) is 16.9. The topological polar surface area (TPSA) is 65.4 Å². The van der Waals surface area contributed by atoms with Crippen LogP contribution in [0.25, 0.3) is 0 Å². The molecular weight excluding hydrogens is 252 g/mol. The second-order valence-electron chi connectivity index (χ2n) is 5.49. The molecule has 0 amide bonds. The van der Waals surface area contributed by atoms with E-state index in [4.69, 9.17) is 0 Å². The number of pyridine rings is 1. The van der Waals surface area contributed by atoms with Crippen molar-refractivity contribution in [1.29, 1.82) is 0 Å². The third kappa shape index (κ3) is 5.10. The first-order valence-corrected chi connectivity index (χ1v) is 7.60. The summed E-state index contributed by atoms with van der Waals surface area (Å²) in [5, 5.41) is 22.8. The Morgan fingerprint density at radius 3 is 2.70 bits per heavy atom. The predicted octanol–water partition coefficient (Wildman–Crippen LogP) is 3.04. The zero-order chi connectivity index (χ0) is 15.0. The van der Waals surface area contributed by atoms with E-state index < -0.39 is 0 Å². The van der Waals surface area contributed by atoms with E-state index in [9.17, 15) is 10.2 Å². The van der Waals surface area contributed by atoms with Crippen molar-refractivity contribution in [3.63, 3.8) is 0 Å². The number of rotatable bonds is 9. The summed E-state index contributed by atoms with van der Waals surface area (Å²) in [6.07, 6.45) is 7.84. The van der Waals surface area contributed by atoms with Gasteiger partial charge in [-0.25, -0.2) is 0 Å². The molecule has 1 heterocycles. The minimum absolute atomic E-state index is 0.0945. The molecule has 3 N–H and O–H groups in total. The summed E-state index contributed by atoms with van der Waals surface area (Å²) in [5.74, 6) is 0.197. The normalized spacial score (nSPS) is 12.6. The van der Waals surface area contributed by atoms with E-state index >= 15 is 0 Å². The highest BCUT2D eigenvalue weighted by atomic mass is 16.3. The van der Waals surface area contributed by atoms with Crippen LogP contribution < -0.4 is 5.32 Å². The van der Waals surface area contributed by atoms with E-state index in [0.29, 0.717) is 23.8 Å². The van der Waals surface area contributed by atoms with E-state index in [2.05, 4.69) is 24.1 Å². The van der Waals surface area contributed by atoms with Gasteiger partial charge in [0.25, 0.3) is 0 Å². The third-order valence-electron chi connectivity index (χ3n) is 3.72. The van der Waals surface area contributed by atoms with Crippen LogP contribution in [0.15, 0.2) is 6.20 Å². The van der Waals surface area contributed by atoms with Crippen molar-refractivity contribution in [2.75, 3.05) is 0 Å². The highest BCUT2D eigenvalue weighted by Gasteiger charge is 2.12. The molecule has 0 aliphatic heterocycles. The first-order valence-electron chi connectivity index (χ1n) is 7.60. The number of aromatic nitrogens is 1. The second kappa shape index (κ2) is 8.93. The fourth-order valence-electron chi connectivity index (χ4n) is 2.27. The molecule has 1 unspecified atom stereocenters. The molecule has 0 fully saturated rings. The van der Waals surface area contributed by atoms with Crippen molar-refractivity contribution < 1.29 is 10.2 Å². The number of nitrogens with one attached hydrogen (secondary N) is 1. The Bertz CT molecular complexity index is 408. The molecule has 20 heavy (non-hydrogen) atoms. The molecule has 1 rings (SSSR count). The molecule has 0 saturated heterocycles. The van der Waals surface area contributed by atoms with Gasteiger partial charge in [0.05, 0.1) is 12.3 Å². The minimum Gasteiger partial charge on any atom is -0.506 e. The Morgan fingerprint density at radius 2 is 2.05 bits per heavy atom. The summed E-state index contributed by atoms with van der Waals surface area (Å²) in [6.45, 7) is 6.62. The van der Waals surface area contributed by atoms with Crippen LogP contribution >= 0.6 is 0 Å². The molecule has 0 saturated carbocycles. The van der Waals surface area contributed by atoms with E-state index in [-0.39, 0.29) is 12.4 Å². The standard InChI is InChI=1S/C16H28N2O2/c1-4-5-6-7-8-12(2)17-10-15-14(11-19)9-18-13(3)16(15)20/h9,12,17,19-20H,4-8,10-11H2,1-3H3. The Labute approximate surface area is 122 Å². The molecule has 4 nitrogen and oxygen atoms in total. The predicted molar refractivity (Wildman–Crippen MR) is 81.6 cm³/mol.